The van der Waals surface area contributed by atoms with Gasteiger partial charge in [0.25, 0.3) is 0 Å². The molecule has 3 heterocycles. The smallest absolute Gasteiger partial charge is 0.164 e. The van der Waals surface area contributed by atoms with Crippen molar-refractivity contribution < 1.29 is 4.42 Å². The molecule has 0 aliphatic heterocycles. The third-order valence-corrected chi connectivity index (χ3v) is 9.74. The average Bonchev–Trinajstić information content (AvgIpc) is 3.65. The van der Waals surface area contributed by atoms with Gasteiger partial charge in [-0.25, -0.2) is 24.9 Å². The minimum absolute atomic E-state index is 0.592. The lowest BCUT2D eigenvalue weighted by atomic mass is 9.99. The molecule has 6 heteroatoms. The Morgan fingerprint density at radius 2 is 0.691 bits per heavy atom. The molecule has 0 aliphatic carbocycles. The van der Waals surface area contributed by atoms with Gasteiger partial charge in [-0.3, -0.25) is 0 Å². The maximum atomic E-state index is 6.11. The molecule has 0 saturated heterocycles. The standard InChI is InChI=1S/C49H31N5O/c1-4-14-32(15-5-1)42-31-43(51-46(50-42)33-16-6-2-7-17-33)37-22-12-20-35(28-37)36-21-13-23-38(29-36)48-52-47(34-18-8-3-9-19-34)53-49(54-48)39-26-27-45-41(30-39)40-24-10-11-25-44(40)55-45/h1-31H. The summed E-state index contributed by atoms with van der Waals surface area (Å²) in [4.78, 5) is 25.1. The molecule has 0 amide bonds. The fourth-order valence-electron chi connectivity index (χ4n) is 6.98. The van der Waals surface area contributed by atoms with Crippen molar-refractivity contribution in [2.45, 2.75) is 0 Å². The van der Waals surface area contributed by atoms with E-state index in [9.17, 15) is 0 Å². The lowest BCUT2D eigenvalue weighted by molar-refractivity contribution is 0.669. The van der Waals surface area contributed by atoms with E-state index in [0.29, 0.717) is 23.3 Å². The Balaban J connectivity index is 1.06. The molecule has 0 atom stereocenters. The highest BCUT2D eigenvalue weighted by molar-refractivity contribution is 6.06. The summed E-state index contributed by atoms with van der Waals surface area (Å²) in [5.41, 5.74) is 11.2. The molecule has 0 N–H and O–H groups in total. The fourth-order valence-corrected chi connectivity index (χ4v) is 6.98. The predicted octanol–water partition coefficient (Wildman–Crippen LogP) is 12.2. The van der Waals surface area contributed by atoms with Crippen LogP contribution in [0.3, 0.4) is 0 Å². The van der Waals surface area contributed by atoms with Crippen LogP contribution in [-0.4, -0.2) is 24.9 Å². The van der Waals surface area contributed by atoms with Gasteiger partial charge in [-0.15, -0.1) is 0 Å². The molecule has 10 aromatic rings. The first-order chi connectivity index (χ1) is 27.2. The van der Waals surface area contributed by atoms with Gasteiger partial charge in [-0.1, -0.05) is 146 Å². The molecule has 0 saturated carbocycles. The number of benzene rings is 7. The molecule has 7 aromatic carbocycles. The molecule has 258 valence electrons. The number of fused-ring (bicyclic) bond motifs is 3. The van der Waals surface area contributed by atoms with E-state index in [2.05, 4.69) is 78.9 Å². The van der Waals surface area contributed by atoms with Gasteiger partial charge in [0, 0.05) is 44.2 Å². The van der Waals surface area contributed by atoms with Crippen molar-refractivity contribution >= 4 is 21.9 Å². The molecule has 55 heavy (non-hydrogen) atoms. The van der Waals surface area contributed by atoms with Crippen LogP contribution in [0, 0.1) is 0 Å². The molecule has 0 spiro atoms. The van der Waals surface area contributed by atoms with Gasteiger partial charge < -0.3 is 4.42 Å². The van der Waals surface area contributed by atoms with E-state index in [-0.39, 0.29) is 0 Å². The zero-order valence-electron chi connectivity index (χ0n) is 29.5. The van der Waals surface area contributed by atoms with Gasteiger partial charge in [-0.2, -0.15) is 0 Å². The lowest BCUT2D eigenvalue weighted by Crippen LogP contribution is -2.00. The summed E-state index contributed by atoms with van der Waals surface area (Å²) in [7, 11) is 0. The second-order valence-corrected chi connectivity index (χ2v) is 13.3. The van der Waals surface area contributed by atoms with Crippen molar-refractivity contribution in [3.8, 4) is 79.2 Å². The van der Waals surface area contributed by atoms with E-state index < -0.39 is 0 Å². The summed E-state index contributed by atoms with van der Waals surface area (Å²) in [6.45, 7) is 0. The molecule has 0 radical (unpaired) electrons. The highest BCUT2D eigenvalue weighted by Gasteiger charge is 2.16. The lowest BCUT2D eigenvalue weighted by Gasteiger charge is -2.11. The molecule has 0 fully saturated rings. The molecular formula is C49H31N5O. The quantitative estimate of drug-likeness (QED) is 0.164. The van der Waals surface area contributed by atoms with Crippen LogP contribution in [0.1, 0.15) is 0 Å². The van der Waals surface area contributed by atoms with Gasteiger partial charge in [-0.05, 0) is 53.6 Å². The molecule has 0 bridgehead atoms. The van der Waals surface area contributed by atoms with E-state index in [1.165, 1.54) is 0 Å². The fraction of sp³-hybridized carbons (Fsp3) is 0. The third-order valence-electron chi connectivity index (χ3n) is 9.74. The Labute approximate surface area is 317 Å². The number of para-hydroxylation sites is 1. The van der Waals surface area contributed by atoms with E-state index in [1.807, 2.05) is 109 Å². The van der Waals surface area contributed by atoms with Crippen molar-refractivity contribution in [1.29, 1.82) is 0 Å². The Hall–Kier alpha value is -7.57. The number of rotatable bonds is 7. The Morgan fingerprint density at radius 3 is 1.35 bits per heavy atom. The zero-order chi connectivity index (χ0) is 36.6. The zero-order valence-corrected chi connectivity index (χ0v) is 29.5. The van der Waals surface area contributed by atoms with E-state index >= 15 is 0 Å². The van der Waals surface area contributed by atoms with Crippen LogP contribution in [0.25, 0.3) is 101 Å². The summed E-state index contributed by atoms with van der Waals surface area (Å²) in [5, 5.41) is 2.08. The average molecular weight is 706 g/mol. The first-order valence-corrected chi connectivity index (χ1v) is 18.2. The minimum Gasteiger partial charge on any atom is -0.456 e. The van der Waals surface area contributed by atoms with Crippen molar-refractivity contribution in [1.82, 2.24) is 24.9 Å². The highest BCUT2D eigenvalue weighted by Crippen LogP contribution is 2.34. The molecule has 3 aromatic heterocycles. The maximum Gasteiger partial charge on any atom is 0.164 e. The molecular weight excluding hydrogens is 675 g/mol. The van der Waals surface area contributed by atoms with Crippen molar-refractivity contribution in [3.63, 3.8) is 0 Å². The minimum atomic E-state index is 0.592. The predicted molar refractivity (Wildman–Crippen MR) is 221 cm³/mol. The van der Waals surface area contributed by atoms with Crippen molar-refractivity contribution in [2.24, 2.45) is 0 Å². The van der Waals surface area contributed by atoms with Crippen LogP contribution >= 0.6 is 0 Å². The van der Waals surface area contributed by atoms with E-state index in [0.717, 1.165) is 77.8 Å². The van der Waals surface area contributed by atoms with Crippen LogP contribution < -0.4 is 0 Å². The van der Waals surface area contributed by atoms with Crippen LogP contribution in [0.5, 0.6) is 0 Å². The monoisotopic (exact) mass is 705 g/mol. The first-order valence-electron chi connectivity index (χ1n) is 18.2. The van der Waals surface area contributed by atoms with Crippen LogP contribution in [0.15, 0.2) is 192 Å². The van der Waals surface area contributed by atoms with Gasteiger partial charge in [0.05, 0.1) is 11.4 Å². The van der Waals surface area contributed by atoms with Crippen LogP contribution in [0.4, 0.5) is 0 Å². The number of hydrogen-bond donors (Lipinski definition) is 0. The van der Waals surface area contributed by atoms with Crippen molar-refractivity contribution in [3.05, 3.63) is 188 Å². The van der Waals surface area contributed by atoms with Gasteiger partial charge >= 0.3 is 0 Å². The maximum absolute atomic E-state index is 6.11. The SMILES string of the molecule is c1ccc(-c2cc(-c3cccc(-c4cccc(-c5nc(-c6ccccc6)nc(-c6ccc7oc8ccccc8c7c6)n5)c4)c3)nc(-c3ccccc3)n2)cc1. The number of furan rings is 1. The summed E-state index contributed by atoms with van der Waals surface area (Å²) in [5.74, 6) is 2.48. The topological polar surface area (TPSA) is 77.6 Å². The number of aromatic nitrogens is 5. The Morgan fingerprint density at radius 1 is 0.255 bits per heavy atom. The number of hydrogen-bond acceptors (Lipinski definition) is 6. The number of nitrogens with zero attached hydrogens (tertiary/aromatic N) is 5. The molecule has 6 nitrogen and oxygen atoms in total. The van der Waals surface area contributed by atoms with Crippen LogP contribution in [0.2, 0.25) is 0 Å². The Bertz CT molecular complexity index is 2920. The molecule has 0 aliphatic rings. The van der Waals surface area contributed by atoms with Gasteiger partial charge in [0.15, 0.2) is 23.3 Å². The van der Waals surface area contributed by atoms with E-state index in [1.54, 1.807) is 0 Å². The van der Waals surface area contributed by atoms with Gasteiger partial charge in [0.1, 0.15) is 11.2 Å². The third kappa shape index (κ3) is 6.32. The first kappa shape index (κ1) is 32.1. The summed E-state index contributed by atoms with van der Waals surface area (Å²) in [6, 6.07) is 63.5. The second-order valence-electron chi connectivity index (χ2n) is 13.3. The summed E-state index contributed by atoms with van der Waals surface area (Å²) in [6.07, 6.45) is 0. The largest absolute Gasteiger partial charge is 0.456 e. The van der Waals surface area contributed by atoms with E-state index in [4.69, 9.17) is 29.3 Å². The second kappa shape index (κ2) is 13.8. The molecule has 10 rings (SSSR count). The highest BCUT2D eigenvalue weighted by atomic mass is 16.3. The normalized spacial score (nSPS) is 11.3. The summed E-state index contributed by atoms with van der Waals surface area (Å²) < 4.78 is 6.11. The molecule has 0 unspecified atom stereocenters. The van der Waals surface area contributed by atoms with Gasteiger partial charge in [0.2, 0.25) is 0 Å². The van der Waals surface area contributed by atoms with Crippen LogP contribution in [-0.2, 0) is 0 Å². The summed E-state index contributed by atoms with van der Waals surface area (Å²) >= 11 is 0. The Kier molecular flexibility index (Phi) is 8.04. The van der Waals surface area contributed by atoms with Crippen molar-refractivity contribution in [2.75, 3.05) is 0 Å².